The van der Waals surface area contributed by atoms with Gasteiger partial charge in [-0.15, -0.1) is 11.3 Å². The van der Waals surface area contributed by atoms with Gasteiger partial charge in [-0.1, -0.05) is 23.2 Å². The Bertz CT molecular complexity index is 1080. The first kappa shape index (κ1) is 21.2. The molecule has 2 amide bonds. The van der Waals surface area contributed by atoms with Crippen molar-refractivity contribution in [1.82, 2.24) is 10.3 Å². The van der Waals surface area contributed by atoms with Gasteiger partial charge in [0, 0.05) is 35.0 Å². The lowest BCUT2D eigenvalue weighted by molar-refractivity contribution is -0.116. The molecule has 2 N–H and O–H groups in total. The largest absolute Gasteiger partial charge is 0.351 e. The first-order valence-electron chi connectivity index (χ1n) is 8.27. The number of carbonyl (C=O) groups is 2. The standard InChI is InChI=1S/C19H13Cl2F2N3O2S/c20-10-1-4-14(21)13(7-10)16-9-29-19(25-16)26-17(27)5-6-24-18(28)12-3-2-11(22)8-15(12)23/h1-4,7-9H,5-6H2,(H,24,28)(H,25,26,27). The van der Waals surface area contributed by atoms with Crippen LogP contribution in [0, 0.1) is 11.6 Å². The summed E-state index contributed by atoms with van der Waals surface area (Å²) in [6, 6.07) is 7.63. The van der Waals surface area contributed by atoms with Crippen LogP contribution in [0.25, 0.3) is 11.3 Å². The van der Waals surface area contributed by atoms with Gasteiger partial charge in [-0.3, -0.25) is 9.59 Å². The number of halogens is 4. The summed E-state index contributed by atoms with van der Waals surface area (Å²) in [4.78, 5) is 28.2. The van der Waals surface area contributed by atoms with Gasteiger partial charge in [0.1, 0.15) is 11.6 Å². The second-order valence-electron chi connectivity index (χ2n) is 5.84. The smallest absolute Gasteiger partial charge is 0.254 e. The predicted molar refractivity (Wildman–Crippen MR) is 110 cm³/mol. The number of hydrogen-bond donors (Lipinski definition) is 2. The number of amides is 2. The number of nitrogens with zero attached hydrogens (tertiary/aromatic N) is 1. The summed E-state index contributed by atoms with van der Waals surface area (Å²) >= 11 is 13.3. The molecule has 0 aliphatic heterocycles. The number of benzene rings is 2. The van der Waals surface area contributed by atoms with Crippen LogP contribution in [0.1, 0.15) is 16.8 Å². The van der Waals surface area contributed by atoms with Gasteiger partial charge in [0.25, 0.3) is 5.91 Å². The fourth-order valence-corrected chi connectivity index (χ4v) is 3.50. The molecule has 150 valence electrons. The molecule has 0 radical (unpaired) electrons. The molecule has 3 rings (SSSR count). The summed E-state index contributed by atoms with van der Waals surface area (Å²) < 4.78 is 26.4. The molecule has 0 spiro atoms. The number of aromatic nitrogens is 1. The van der Waals surface area contributed by atoms with E-state index in [1.54, 1.807) is 23.6 Å². The van der Waals surface area contributed by atoms with Gasteiger partial charge in [-0.05, 0) is 30.3 Å². The molecular formula is C19H13Cl2F2N3O2S. The summed E-state index contributed by atoms with van der Waals surface area (Å²) in [5, 5.41) is 8.10. The number of carbonyl (C=O) groups excluding carboxylic acids is 2. The van der Waals surface area contributed by atoms with Crippen molar-refractivity contribution in [3.8, 4) is 11.3 Å². The topological polar surface area (TPSA) is 71.1 Å². The van der Waals surface area contributed by atoms with Crippen molar-refractivity contribution < 1.29 is 18.4 Å². The molecule has 10 heteroatoms. The summed E-state index contributed by atoms with van der Waals surface area (Å²) in [7, 11) is 0. The third-order valence-electron chi connectivity index (χ3n) is 3.77. The maximum atomic E-state index is 13.6. The van der Waals surface area contributed by atoms with E-state index in [9.17, 15) is 18.4 Å². The summed E-state index contributed by atoms with van der Waals surface area (Å²) in [5.74, 6) is -2.87. The zero-order valence-electron chi connectivity index (χ0n) is 14.6. The van der Waals surface area contributed by atoms with Crippen molar-refractivity contribution in [2.45, 2.75) is 6.42 Å². The number of rotatable bonds is 6. The van der Waals surface area contributed by atoms with Crippen LogP contribution in [0.2, 0.25) is 10.0 Å². The molecule has 0 saturated carbocycles. The van der Waals surface area contributed by atoms with E-state index in [0.717, 1.165) is 12.1 Å². The molecule has 2 aromatic carbocycles. The fourth-order valence-electron chi connectivity index (χ4n) is 2.39. The zero-order valence-corrected chi connectivity index (χ0v) is 17.0. The van der Waals surface area contributed by atoms with Crippen LogP contribution in [-0.2, 0) is 4.79 Å². The summed E-state index contributed by atoms with van der Waals surface area (Å²) in [5.41, 5.74) is 0.914. The molecule has 0 saturated heterocycles. The van der Waals surface area contributed by atoms with E-state index in [0.29, 0.717) is 32.5 Å². The second-order valence-corrected chi connectivity index (χ2v) is 7.54. The minimum Gasteiger partial charge on any atom is -0.351 e. The molecule has 0 fully saturated rings. The van der Waals surface area contributed by atoms with Gasteiger partial charge in [-0.2, -0.15) is 0 Å². The Labute approximate surface area is 178 Å². The van der Waals surface area contributed by atoms with Gasteiger partial charge in [0.2, 0.25) is 5.91 Å². The molecule has 0 aliphatic carbocycles. The Hall–Kier alpha value is -2.55. The average molecular weight is 456 g/mol. The lowest BCUT2D eigenvalue weighted by Crippen LogP contribution is -2.28. The molecule has 1 heterocycles. The molecule has 3 aromatic rings. The van der Waals surface area contributed by atoms with Crippen molar-refractivity contribution in [3.05, 3.63) is 69.0 Å². The van der Waals surface area contributed by atoms with Crippen molar-refractivity contribution in [2.75, 3.05) is 11.9 Å². The number of thiazole rings is 1. The Morgan fingerprint density at radius 1 is 1.10 bits per heavy atom. The van der Waals surface area contributed by atoms with E-state index in [1.165, 1.54) is 11.3 Å². The molecule has 0 unspecified atom stereocenters. The lowest BCUT2D eigenvalue weighted by Gasteiger charge is -2.06. The highest BCUT2D eigenvalue weighted by Crippen LogP contribution is 2.32. The number of anilines is 1. The Kier molecular flexibility index (Phi) is 6.79. The Morgan fingerprint density at radius 3 is 2.66 bits per heavy atom. The van der Waals surface area contributed by atoms with Crippen LogP contribution in [0.3, 0.4) is 0 Å². The third kappa shape index (κ3) is 5.50. The number of hydrogen-bond acceptors (Lipinski definition) is 4. The van der Waals surface area contributed by atoms with Crippen LogP contribution >= 0.6 is 34.5 Å². The van der Waals surface area contributed by atoms with E-state index >= 15 is 0 Å². The molecule has 0 bridgehead atoms. The van der Waals surface area contributed by atoms with Crippen molar-refractivity contribution in [1.29, 1.82) is 0 Å². The minimum atomic E-state index is -0.970. The van der Waals surface area contributed by atoms with Gasteiger partial charge in [-0.25, -0.2) is 13.8 Å². The van der Waals surface area contributed by atoms with Gasteiger partial charge < -0.3 is 10.6 Å². The number of nitrogens with one attached hydrogen (secondary N) is 2. The van der Waals surface area contributed by atoms with E-state index < -0.39 is 17.5 Å². The van der Waals surface area contributed by atoms with Crippen LogP contribution < -0.4 is 10.6 Å². The van der Waals surface area contributed by atoms with Gasteiger partial charge in [0.05, 0.1) is 16.3 Å². The molecule has 0 atom stereocenters. The normalized spacial score (nSPS) is 10.6. The van der Waals surface area contributed by atoms with Crippen molar-refractivity contribution in [3.63, 3.8) is 0 Å². The molecule has 0 aliphatic rings. The van der Waals surface area contributed by atoms with E-state index in [-0.39, 0.29) is 24.4 Å². The highest BCUT2D eigenvalue weighted by molar-refractivity contribution is 7.14. The summed E-state index contributed by atoms with van der Waals surface area (Å²) in [6.45, 7) is -0.0279. The van der Waals surface area contributed by atoms with Gasteiger partial charge >= 0.3 is 0 Å². The van der Waals surface area contributed by atoms with Crippen LogP contribution in [-0.4, -0.2) is 23.3 Å². The maximum absolute atomic E-state index is 13.6. The first-order chi connectivity index (χ1) is 13.8. The fraction of sp³-hybridized carbons (Fsp3) is 0.105. The molecule has 1 aromatic heterocycles. The van der Waals surface area contributed by atoms with Crippen molar-refractivity contribution >= 4 is 51.5 Å². The van der Waals surface area contributed by atoms with Gasteiger partial charge in [0.15, 0.2) is 5.13 Å². The predicted octanol–water partition coefficient (Wildman–Crippen LogP) is 5.15. The quantitative estimate of drug-likeness (QED) is 0.539. The zero-order chi connectivity index (χ0) is 21.0. The lowest BCUT2D eigenvalue weighted by atomic mass is 10.2. The third-order valence-corrected chi connectivity index (χ3v) is 5.09. The second kappa shape index (κ2) is 9.30. The first-order valence-corrected chi connectivity index (χ1v) is 9.91. The van der Waals surface area contributed by atoms with Crippen LogP contribution in [0.5, 0.6) is 0 Å². The van der Waals surface area contributed by atoms with Crippen molar-refractivity contribution in [2.24, 2.45) is 0 Å². The molecule has 29 heavy (non-hydrogen) atoms. The Morgan fingerprint density at radius 2 is 1.90 bits per heavy atom. The van der Waals surface area contributed by atoms with E-state index in [1.807, 2.05) is 0 Å². The summed E-state index contributed by atoms with van der Waals surface area (Å²) in [6.07, 6.45) is -0.0542. The molecule has 5 nitrogen and oxygen atoms in total. The maximum Gasteiger partial charge on any atom is 0.254 e. The monoisotopic (exact) mass is 455 g/mol. The Balaban J connectivity index is 1.53. The molecular weight excluding hydrogens is 443 g/mol. The highest BCUT2D eigenvalue weighted by atomic mass is 35.5. The average Bonchev–Trinajstić information content (AvgIpc) is 3.11. The van der Waals surface area contributed by atoms with Crippen LogP contribution in [0.4, 0.5) is 13.9 Å². The van der Waals surface area contributed by atoms with E-state index in [2.05, 4.69) is 15.6 Å². The van der Waals surface area contributed by atoms with E-state index in [4.69, 9.17) is 23.2 Å². The van der Waals surface area contributed by atoms with Crippen LogP contribution in [0.15, 0.2) is 41.8 Å². The minimum absolute atomic E-state index is 0.0279. The SMILES string of the molecule is O=C(CCNC(=O)c1ccc(F)cc1F)Nc1nc(-c2cc(Cl)ccc2Cl)cs1. The highest BCUT2D eigenvalue weighted by Gasteiger charge is 2.14.